The van der Waals surface area contributed by atoms with Crippen LogP contribution in [0, 0.1) is 0 Å². The van der Waals surface area contributed by atoms with Crippen LogP contribution in [0.3, 0.4) is 0 Å². The van der Waals surface area contributed by atoms with Gasteiger partial charge in [0.25, 0.3) is 5.56 Å². The average molecular weight is 301 g/mol. The number of rotatable bonds is 4. The second kappa shape index (κ2) is 6.17. The van der Waals surface area contributed by atoms with E-state index in [0.29, 0.717) is 16.7 Å². The molecule has 116 valence electrons. The summed E-state index contributed by atoms with van der Waals surface area (Å²) < 4.78 is 6.46. The van der Waals surface area contributed by atoms with E-state index in [9.17, 15) is 9.59 Å². The quantitative estimate of drug-likeness (QED) is 0.928. The maximum absolute atomic E-state index is 12.4. The monoisotopic (exact) mass is 301 g/mol. The largest absolute Gasteiger partial charge is 0.497 e. The first kappa shape index (κ1) is 14.6. The molecule has 0 aliphatic heterocycles. The molecular formula is C16H19N3O3. The Hall–Kier alpha value is -2.37. The fourth-order valence-corrected chi connectivity index (χ4v) is 2.88. The fourth-order valence-electron chi connectivity index (χ4n) is 2.88. The Bertz CT molecular complexity index is 748. The first-order chi connectivity index (χ1) is 10.7. The molecule has 1 aliphatic carbocycles. The molecule has 0 unspecified atom stereocenters. The molecule has 1 fully saturated rings. The SMILES string of the molecule is COc1ccc2c(=O)n(CC(=O)NC3CCCC3)cnc2c1. The van der Waals surface area contributed by atoms with Crippen molar-refractivity contribution in [3.8, 4) is 5.75 Å². The van der Waals surface area contributed by atoms with Crippen LogP contribution < -0.4 is 15.6 Å². The minimum absolute atomic E-state index is 0.00427. The van der Waals surface area contributed by atoms with E-state index in [0.717, 1.165) is 25.7 Å². The molecule has 0 spiro atoms. The summed E-state index contributed by atoms with van der Waals surface area (Å²) in [6.07, 6.45) is 5.78. The topological polar surface area (TPSA) is 73.2 Å². The minimum Gasteiger partial charge on any atom is -0.497 e. The Labute approximate surface area is 128 Å². The smallest absolute Gasteiger partial charge is 0.261 e. The Kier molecular flexibility index (Phi) is 4.09. The van der Waals surface area contributed by atoms with Gasteiger partial charge in [-0.2, -0.15) is 0 Å². The van der Waals surface area contributed by atoms with Crippen LogP contribution in [0.5, 0.6) is 5.75 Å². The molecule has 1 amide bonds. The maximum atomic E-state index is 12.4. The molecule has 0 atom stereocenters. The van der Waals surface area contributed by atoms with Gasteiger partial charge in [0, 0.05) is 12.1 Å². The van der Waals surface area contributed by atoms with E-state index in [-0.39, 0.29) is 24.1 Å². The third kappa shape index (κ3) is 2.95. The number of benzene rings is 1. The highest BCUT2D eigenvalue weighted by atomic mass is 16.5. The van der Waals surface area contributed by atoms with Crippen LogP contribution in [0.2, 0.25) is 0 Å². The molecule has 6 nitrogen and oxygen atoms in total. The van der Waals surface area contributed by atoms with Crippen molar-refractivity contribution in [3.05, 3.63) is 34.9 Å². The Morgan fingerprint density at radius 2 is 2.18 bits per heavy atom. The lowest BCUT2D eigenvalue weighted by Crippen LogP contribution is -2.37. The number of methoxy groups -OCH3 is 1. The van der Waals surface area contributed by atoms with Gasteiger partial charge in [0.15, 0.2) is 0 Å². The molecule has 0 radical (unpaired) electrons. The summed E-state index contributed by atoms with van der Waals surface area (Å²) in [5.74, 6) is 0.514. The summed E-state index contributed by atoms with van der Waals surface area (Å²) in [6, 6.07) is 5.35. The van der Waals surface area contributed by atoms with Gasteiger partial charge in [0.1, 0.15) is 12.3 Å². The standard InChI is InChI=1S/C16H19N3O3/c1-22-12-6-7-13-14(8-12)17-10-19(16(13)21)9-15(20)18-11-4-2-3-5-11/h6-8,10-11H,2-5,9H2,1H3,(H,18,20). The predicted octanol–water partition coefficient (Wildman–Crippen LogP) is 1.46. The molecule has 1 saturated carbocycles. The van der Waals surface area contributed by atoms with Crippen LogP contribution in [0.4, 0.5) is 0 Å². The van der Waals surface area contributed by atoms with E-state index < -0.39 is 0 Å². The van der Waals surface area contributed by atoms with Crippen molar-refractivity contribution in [2.24, 2.45) is 0 Å². The van der Waals surface area contributed by atoms with Crippen LogP contribution in [0.15, 0.2) is 29.3 Å². The molecule has 1 aliphatic rings. The molecule has 0 saturated heterocycles. The molecule has 2 aromatic rings. The van der Waals surface area contributed by atoms with Crippen LogP contribution in [0.1, 0.15) is 25.7 Å². The van der Waals surface area contributed by atoms with Crippen molar-refractivity contribution >= 4 is 16.8 Å². The summed E-state index contributed by atoms with van der Waals surface area (Å²) in [5.41, 5.74) is 0.353. The minimum atomic E-state index is -0.214. The van der Waals surface area contributed by atoms with E-state index in [1.807, 2.05) is 0 Å². The van der Waals surface area contributed by atoms with E-state index >= 15 is 0 Å². The maximum Gasteiger partial charge on any atom is 0.261 e. The summed E-state index contributed by atoms with van der Waals surface area (Å²) in [7, 11) is 1.57. The van der Waals surface area contributed by atoms with Gasteiger partial charge in [0.05, 0.1) is 24.3 Å². The van der Waals surface area contributed by atoms with Crippen molar-refractivity contribution in [3.63, 3.8) is 0 Å². The summed E-state index contributed by atoms with van der Waals surface area (Å²) in [5, 5.41) is 3.46. The number of amides is 1. The van der Waals surface area contributed by atoms with E-state index in [4.69, 9.17) is 4.74 Å². The third-order valence-corrected chi connectivity index (χ3v) is 4.07. The van der Waals surface area contributed by atoms with Crippen molar-refractivity contribution in [1.29, 1.82) is 0 Å². The Morgan fingerprint density at radius 1 is 1.41 bits per heavy atom. The zero-order chi connectivity index (χ0) is 15.5. The van der Waals surface area contributed by atoms with Gasteiger partial charge in [-0.25, -0.2) is 4.98 Å². The molecule has 3 rings (SSSR count). The first-order valence-corrected chi connectivity index (χ1v) is 7.50. The zero-order valence-corrected chi connectivity index (χ0v) is 12.5. The number of aromatic nitrogens is 2. The number of carbonyl (C=O) groups excluding carboxylic acids is 1. The molecule has 1 N–H and O–H groups in total. The number of hydrogen-bond acceptors (Lipinski definition) is 4. The third-order valence-electron chi connectivity index (χ3n) is 4.07. The number of nitrogens with one attached hydrogen (secondary N) is 1. The van der Waals surface area contributed by atoms with Crippen LogP contribution >= 0.6 is 0 Å². The van der Waals surface area contributed by atoms with Crippen LogP contribution in [-0.4, -0.2) is 28.6 Å². The van der Waals surface area contributed by atoms with E-state index in [1.54, 1.807) is 25.3 Å². The molecule has 22 heavy (non-hydrogen) atoms. The number of fused-ring (bicyclic) bond motifs is 1. The van der Waals surface area contributed by atoms with Gasteiger partial charge in [-0.05, 0) is 25.0 Å². The van der Waals surface area contributed by atoms with Crippen LogP contribution in [0.25, 0.3) is 10.9 Å². The number of carbonyl (C=O) groups is 1. The second-order valence-electron chi connectivity index (χ2n) is 5.61. The second-order valence-corrected chi connectivity index (χ2v) is 5.61. The van der Waals surface area contributed by atoms with Crippen molar-refractivity contribution in [2.75, 3.05) is 7.11 Å². The van der Waals surface area contributed by atoms with Crippen LogP contribution in [-0.2, 0) is 11.3 Å². The van der Waals surface area contributed by atoms with Gasteiger partial charge < -0.3 is 10.1 Å². The van der Waals surface area contributed by atoms with E-state index in [1.165, 1.54) is 10.9 Å². The summed E-state index contributed by atoms with van der Waals surface area (Å²) in [6.45, 7) is 0.00427. The van der Waals surface area contributed by atoms with Gasteiger partial charge >= 0.3 is 0 Å². The number of hydrogen-bond donors (Lipinski definition) is 1. The highest BCUT2D eigenvalue weighted by molar-refractivity contribution is 5.80. The fraction of sp³-hybridized carbons (Fsp3) is 0.438. The van der Waals surface area contributed by atoms with Gasteiger partial charge in [0.2, 0.25) is 5.91 Å². The molecule has 1 aromatic heterocycles. The highest BCUT2D eigenvalue weighted by Gasteiger charge is 2.17. The molecular weight excluding hydrogens is 282 g/mol. The zero-order valence-electron chi connectivity index (χ0n) is 12.5. The summed E-state index contributed by atoms with van der Waals surface area (Å²) >= 11 is 0. The predicted molar refractivity (Wildman–Crippen MR) is 83.0 cm³/mol. The van der Waals surface area contributed by atoms with Crippen molar-refractivity contribution in [1.82, 2.24) is 14.9 Å². The number of ether oxygens (including phenoxy) is 1. The van der Waals surface area contributed by atoms with Crippen molar-refractivity contribution < 1.29 is 9.53 Å². The molecule has 6 heteroatoms. The average Bonchev–Trinajstić information content (AvgIpc) is 3.02. The van der Waals surface area contributed by atoms with Gasteiger partial charge in [-0.15, -0.1) is 0 Å². The lowest BCUT2D eigenvalue weighted by molar-refractivity contribution is -0.122. The van der Waals surface area contributed by atoms with Gasteiger partial charge in [-0.3, -0.25) is 14.2 Å². The first-order valence-electron chi connectivity index (χ1n) is 7.50. The molecule has 1 heterocycles. The normalized spacial score (nSPS) is 15.1. The number of nitrogens with zero attached hydrogens (tertiary/aromatic N) is 2. The lowest BCUT2D eigenvalue weighted by atomic mass is 10.2. The van der Waals surface area contributed by atoms with E-state index in [2.05, 4.69) is 10.3 Å². The lowest BCUT2D eigenvalue weighted by Gasteiger charge is -2.13. The highest BCUT2D eigenvalue weighted by Crippen LogP contribution is 2.18. The molecule has 1 aromatic carbocycles. The Morgan fingerprint density at radius 3 is 2.91 bits per heavy atom. The van der Waals surface area contributed by atoms with Gasteiger partial charge in [-0.1, -0.05) is 12.8 Å². The van der Waals surface area contributed by atoms with Crippen molar-refractivity contribution in [2.45, 2.75) is 38.3 Å². The molecule has 0 bridgehead atoms. The Balaban J connectivity index is 1.80. The summed E-state index contributed by atoms with van der Waals surface area (Å²) in [4.78, 5) is 28.7.